The van der Waals surface area contributed by atoms with Gasteiger partial charge < -0.3 is 15.4 Å². The van der Waals surface area contributed by atoms with Crippen molar-refractivity contribution in [1.29, 1.82) is 5.26 Å². The number of rotatable bonds is 6. The van der Waals surface area contributed by atoms with E-state index < -0.39 is 6.04 Å². The number of nitriles is 1. The van der Waals surface area contributed by atoms with Gasteiger partial charge in [0.25, 0.3) is 0 Å². The molecule has 0 bridgehead atoms. The summed E-state index contributed by atoms with van der Waals surface area (Å²) in [5, 5.41) is 8.72. The van der Waals surface area contributed by atoms with Gasteiger partial charge in [-0.25, -0.2) is 0 Å². The van der Waals surface area contributed by atoms with E-state index in [0.717, 1.165) is 12.1 Å². The van der Waals surface area contributed by atoms with Crippen LogP contribution in [0.4, 0.5) is 5.69 Å². The van der Waals surface area contributed by atoms with E-state index in [2.05, 4.69) is 0 Å². The summed E-state index contributed by atoms with van der Waals surface area (Å²) in [6, 6.07) is 8.33. The number of ether oxygens (including phenoxy) is 1. The van der Waals surface area contributed by atoms with Gasteiger partial charge in [-0.3, -0.25) is 4.79 Å². The Hall–Kier alpha value is -1.90. The molecule has 102 valence electrons. The van der Waals surface area contributed by atoms with Crippen molar-refractivity contribution in [2.45, 2.75) is 18.9 Å². The molecule has 0 aliphatic rings. The standard InChI is InChI=1S/C14H19N3O2/c1-17(12-7-5-11(10-15)6-8-12)14(18)13(16)4-3-9-19-2/h5-8,13H,3-4,9,16H2,1-2H3. The molecule has 1 aromatic rings. The molecule has 0 fully saturated rings. The smallest absolute Gasteiger partial charge is 0.243 e. The first-order chi connectivity index (χ1) is 9.10. The van der Waals surface area contributed by atoms with Gasteiger partial charge in [0.2, 0.25) is 5.91 Å². The van der Waals surface area contributed by atoms with Crippen LogP contribution in [-0.4, -0.2) is 32.7 Å². The highest BCUT2D eigenvalue weighted by atomic mass is 16.5. The summed E-state index contributed by atoms with van der Waals surface area (Å²) in [5.74, 6) is -0.138. The predicted octanol–water partition coefficient (Wildman–Crippen LogP) is 1.27. The molecule has 0 radical (unpaired) electrons. The molecule has 0 aliphatic carbocycles. The van der Waals surface area contributed by atoms with Crippen LogP contribution in [0.2, 0.25) is 0 Å². The summed E-state index contributed by atoms with van der Waals surface area (Å²) >= 11 is 0. The minimum atomic E-state index is -0.532. The van der Waals surface area contributed by atoms with E-state index in [-0.39, 0.29) is 5.91 Å². The highest BCUT2D eigenvalue weighted by Crippen LogP contribution is 2.15. The van der Waals surface area contributed by atoms with Crippen molar-refractivity contribution in [2.24, 2.45) is 5.73 Å². The number of hydrogen-bond acceptors (Lipinski definition) is 4. The Balaban J connectivity index is 2.62. The van der Waals surface area contributed by atoms with Crippen molar-refractivity contribution in [1.82, 2.24) is 0 Å². The molecule has 2 N–H and O–H groups in total. The lowest BCUT2D eigenvalue weighted by molar-refractivity contribution is -0.119. The number of nitrogens with zero attached hydrogens (tertiary/aromatic N) is 2. The number of benzene rings is 1. The molecule has 0 spiro atoms. The number of nitrogens with two attached hydrogens (primary N) is 1. The maximum absolute atomic E-state index is 12.1. The average molecular weight is 261 g/mol. The molecule has 1 atom stereocenters. The number of methoxy groups -OCH3 is 1. The van der Waals surface area contributed by atoms with Crippen molar-refractivity contribution in [3.8, 4) is 6.07 Å². The Kier molecular flexibility index (Phi) is 6.00. The van der Waals surface area contributed by atoms with Crippen molar-refractivity contribution in [2.75, 3.05) is 25.7 Å². The summed E-state index contributed by atoms with van der Waals surface area (Å²) in [4.78, 5) is 13.6. The van der Waals surface area contributed by atoms with Crippen LogP contribution in [0, 0.1) is 11.3 Å². The predicted molar refractivity (Wildman–Crippen MR) is 73.7 cm³/mol. The highest BCUT2D eigenvalue weighted by Gasteiger charge is 2.18. The van der Waals surface area contributed by atoms with Crippen LogP contribution in [0.5, 0.6) is 0 Å². The number of likely N-dealkylation sites (N-methyl/N-ethyl adjacent to an activating group) is 1. The molecule has 19 heavy (non-hydrogen) atoms. The fraction of sp³-hybridized carbons (Fsp3) is 0.429. The van der Waals surface area contributed by atoms with E-state index in [1.54, 1.807) is 38.4 Å². The number of anilines is 1. The van der Waals surface area contributed by atoms with Gasteiger partial charge in [-0.2, -0.15) is 5.26 Å². The first-order valence-electron chi connectivity index (χ1n) is 6.12. The molecule has 1 amide bonds. The second-order valence-electron chi connectivity index (χ2n) is 4.30. The van der Waals surface area contributed by atoms with Crippen LogP contribution in [0.15, 0.2) is 24.3 Å². The minimum Gasteiger partial charge on any atom is -0.385 e. The Labute approximate surface area is 113 Å². The SMILES string of the molecule is COCCCC(N)C(=O)N(C)c1ccc(C#N)cc1. The number of amides is 1. The van der Waals surface area contributed by atoms with Gasteiger partial charge in [0, 0.05) is 26.5 Å². The lowest BCUT2D eigenvalue weighted by atomic mass is 10.1. The van der Waals surface area contributed by atoms with Crippen LogP contribution < -0.4 is 10.6 Å². The lowest BCUT2D eigenvalue weighted by Gasteiger charge is -2.21. The molecule has 5 nitrogen and oxygen atoms in total. The van der Waals surface area contributed by atoms with E-state index in [1.165, 1.54) is 4.90 Å². The van der Waals surface area contributed by atoms with Gasteiger partial charge >= 0.3 is 0 Å². The number of carbonyl (C=O) groups excluding carboxylic acids is 1. The minimum absolute atomic E-state index is 0.138. The first-order valence-corrected chi connectivity index (χ1v) is 6.12. The van der Waals surface area contributed by atoms with E-state index in [4.69, 9.17) is 15.7 Å². The zero-order valence-electron chi connectivity index (χ0n) is 11.3. The first kappa shape index (κ1) is 15.2. The largest absolute Gasteiger partial charge is 0.385 e. The summed E-state index contributed by atoms with van der Waals surface area (Å²) < 4.78 is 4.93. The van der Waals surface area contributed by atoms with Gasteiger partial charge in [0.1, 0.15) is 0 Å². The van der Waals surface area contributed by atoms with Crippen LogP contribution >= 0.6 is 0 Å². The third-order valence-electron chi connectivity index (χ3n) is 2.90. The molecule has 0 aliphatic heterocycles. The second kappa shape index (κ2) is 7.52. The van der Waals surface area contributed by atoms with Gasteiger partial charge in [-0.15, -0.1) is 0 Å². The van der Waals surface area contributed by atoms with Gasteiger partial charge in [0.15, 0.2) is 0 Å². The Bertz CT molecular complexity index is 451. The molecular formula is C14H19N3O2. The molecule has 0 saturated heterocycles. The zero-order chi connectivity index (χ0) is 14.3. The molecule has 0 aromatic heterocycles. The number of carbonyl (C=O) groups is 1. The maximum Gasteiger partial charge on any atom is 0.243 e. The summed E-state index contributed by atoms with van der Waals surface area (Å²) in [6.07, 6.45) is 1.35. The second-order valence-corrected chi connectivity index (χ2v) is 4.30. The van der Waals surface area contributed by atoms with Crippen LogP contribution in [0.3, 0.4) is 0 Å². The lowest BCUT2D eigenvalue weighted by Crippen LogP contribution is -2.42. The van der Waals surface area contributed by atoms with Crippen LogP contribution in [-0.2, 0) is 9.53 Å². The van der Waals surface area contributed by atoms with E-state index in [0.29, 0.717) is 18.6 Å². The van der Waals surface area contributed by atoms with Crippen molar-refractivity contribution < 1.29 is 9.53 Å². The Morgan fingerprint density at radius 1 is 1.47 bits per heavy atom. The van der Waals surface area contributed by atoms with E-state index in [1.807, 2.05) is 6.07 Å². The zero-order valence-corrected chi connectivity index (χ0v) is 11.3. The summed E-state index contributed by atoms with van der Waals surface area (Å²) in [5.41, 5.74) is 7.15. The summed E-state index contributed by atoms with van der Waals surface area (Å²) in [7, 11) is 3.30. The fourth-order valence-electron chi connectivity index (χ4n) is 1.71. The van der Waals surface area contributed by atoms with Crippen molar-refractivity contribution >= 4 is 11.6 Å². The van der Waals surface area contributed by atoms with Crippen molar-refractivity contribution in [3.05, 3.63) is 29.8 Å². The number of hydrogen-bond donors (Lipinski definition) is 1. The maximum atomic E-state index is 12.1. The molecular weight excluding hydrogens is 242 g/mol. The molecule has 1 aromatic carbocycles. The molecule has 1 rings (SSSR count). The Morgan fingerprint density at radius 2 is 2.11 bits per heavy atom. The topological polar surface area (TPSA) is 79.3 Å². The van der Waals surface area contributed by atoms with E-state index >= 15 is 0 Å². The molecule has 5 heteroatoms. The molecule has 1 unspecified atom stereocenters. The molecule has 0 saturated carbocycles. The van der Waals surface area contributed by atoms with Gasteiger partial charge in [0.05, 0.1) is 17.7 Å². The average Bonchev–Trinajstić information content (AvgIpc) is 2.46. The van der Waals surface area contributed by atoms with Crippen LogP contribution in [0.25, 0.3) is 0 Å². The quantitative estimate of drug-likeness (QED) is 0.782. The Morgan fingerprint density at radius 3 is 2.63 bits per heavy atom. The normalized spacial score (nSPS) is 11.7. The third-order valence-corrected chi connectivity index (χ3v) is 2.90. The fourth-order valence-corrected chi connectivity index (χ4v) is 1.71. The third kappa shape index (κ3) is 4.36. The molecule has 0 heterocycles. The van der Waals surface area contributed by atoms with E-state index in [9.17, 15) is 4.79 Å². The highest BCUT2D eigenvalue weighted by molar-refractivity contribution is 5.96. The van der Waals surface area contributed by atoms with Gasteiger partial charge in [-0.05, 0) is 37.1 Å². The van der Waals surface area contributed by atoms with Crippen LogP contribution in [0.1, 0.15) is 18.4 Å². The van der Waals surface area contributed by atoms with Crippen molar-refractivity contribution in [3.63, 3.8) is 0 Å². The monoisotopic (exact) mass is 261 g/mol. The summed E-state index contributed by atoms with van der Waals surface area (Å²) in [6.45, 7) is 0.599. The van der Waals surface area contributed by atoms with Gasteiger partial charge in [-0.1, -0.05) is 0 Å².